The highest BCUT2D eigenvalue weighted by atomic mass is 35.5. The molecule has 0 aliphatic rings. The van der Waals surface area contributed by atoms with Gasteiger partial charge in [0, 0.05) is 11.8 Å². The lowest BCUT2D eigenvalue weighted by molar-refractivity contribution is -0.291. The first kappa shape index (κ1) is 13.0. The van der Waals surface area contributed by atoms with Crippen molar-refractivity contribution in [3.05, 3.63) is 46.2 Å². The van der Waals surface area contributed by atoms with Gasteiger partial charge in [0.25, 0.3) is 5.02 Å². The first-order valence-electron chi connectivity index (χ1n) is 6.08. The van der Waals surface area contributed by atoms with E-state index in [4.69, 9.17) is 16.3 Å². The number of aromatic amines is 1. The van der Waals surface area contributed by atoms with Gasteiger partial charge in [0.2, 0.25) is 0 Å². The molecule has 0 amide bonds. The molecule has 1 aromatic carbocycles. The van der Waals surface area contributed by atoms with E-state index in [1.165, 1.54) is 5.56 Å². The molecule has 0 bridgehead atoms. The minimum Gasteiger partial charge on any atom is -0.488 e. The first-order valence-corrected chi connectivity index (χ1v) is 6.48. The molecular weight excluding hydrogens is 248 g/mol. The molecule has 2 rings (SSSR count). The summed E-state index contributed by atoms with van der Waals surface area (Å²) in [4.78, 5) is 0. The topological polar surface area (TPSA) is 37.9 Å². The molecule has 1 aromatic heterocycles. The largest absolute Gasteiger partial charge is 0.488 e. The second-order valence-electron chi connectivity index (χ2n) is 4.31. The van der Waals surface area contributed by atoms with Crippen LogP contribution >= 0.6 is 0 Å². The van der Waals surface area contributed by atoms with Gasteiger partial charge in [-0.25, -0.2) is 0 Å². The van der Waals surface area contributed by atoms with E-state index < -0.39 is 0 Å². The maximum Gasteiger partial charge on any atom is 0.267 e. The minimum absolute atomic E-state index is 0.678. The molecule has 0 spiro atoms. The second kappa shape index (κ2) is 5.91. The zero-order valence-corrected chi connectivity index (χ0v) is 11.5. The molecule has 0 aliphatic heterocycles. The molecule has 4 heteroatoms. The van der Waals surface area contributed by atoms with Crippen LogP contribution in [-0.2, 0) is 6.42 Å². The number of benzene rings is 1. The number of halogens is 1. The van der Waals surface area contributed by atoms with E-state index in [1.807, 2.05) is 31.2 Å². The van der Waals surface area contributed by atoms with Gasteiger partial charge in [-0.1, -0.05) is 12.1 Å². The van der Waals surface area contributed by atoms with Crippen LogP contribution in [-0.4, -0.2) is 16.8 Å². The number of nitrogens with one attached hydrogen (secondary N) is 1. The van der Waals surface area contributed by atoms with Crippen LogP contribution in [0, 0.1) is 25.4 Å². The molecule has 96 valence electrons. The van der Waals surface area contributed by atoms with E-state index in [2.05, 4.69) is 17.1 Å². The summed E-state index contributed by atoms with van der Waals surface area (Å²) < 4.78 is 5.68. The van der Waals surface area contributed by atoms with Gasteiger partial charge in [0.05, 0.1) is 12.3 Å². The molecule has 2 aromatic rings. The molecule has 18 heavy (non-hydrogen) atoms. The number of para-hydroxylation sites is 1. The molecule has 1 N–H and O–H groups in total. The average Bonchev–Trinajstić information content (AvgIpc) is 2.67. The average molecular weight is 266 g/mol. The number of aromatic nitrogens is 2. The fourth-order valence-electron chi connectivity index (χ4n) is 1.94. The van der Waals surface area contributed by atoms with Crippen LogP contribution in [0.5, 0.6) is 5.75 Å². The summed E-state index contributed by atoms with van der Waals surface area (Å²) in [5, 5.41) is 7.95. The van der Waals surface area contributed by atoms with Gasteiger partial charge >= 0.3 is 0 Å². The highest BCUT2D eigenvalue weighted by molar-refractivity contribution is 5.29. The molecular formula is C14H18ClN2O+. The minimum atomic E-state index is 0.678. The SMILES string of the molecule is Cc1n[nH]c(C)c1CCCOc1ccccc1[ClH+]. The molecule has 3 nitrogen and oxygen atoms in total. The standard InChI is InChI=1S/C14H18ClN2O/c1-10-12(11(2)17-16-10)6-5-9-18-14-8-4-3-7-13(14)15/h3-4,7-8,15H,5-6,9H2,1-2H3,(H,16,17)/q+1. The third-order valence-electron chi connectivity index (χ3n) is 2.96. The van der Waals surface area contributed by atoms with Crippen molar-refractivity contribution in [1.29, 1.82) is 0 Å². The Labute approximate surface area is 112 Å². The Bertz CT molecular complexity index is 503. The summed E-state index contributed by atoms with van der Waals surface area (Å²) >= 11 is 5.18. The van der Waals surface area contributed by atoms with Crippen LogP contribution < -0.4 is 4.74 Å². The van der Waals surface area contributed by atoms with Crippen molar-refractivity contribution in [2.45, 2.75) is 26.7 Å². The number of rotatable bonds is 5. The van der Waals surface area contributed by atoms with Crippen molar-refractivity contribution >= 4 is 0 Å². The van der Waals surface area contributed by atoms with Crippen LogP contribution in [0.1, 0.15) is 23.4 Å². The monoisotopic (exact) mass is 265 g/mol. The van der Waals surface area contributed by atoms with Crippen molar-refractivity contribution in [3.8, 4) is 5.75 Å². The van der Waals surface area contributed by atoms with E-state index in [1.54, 1.807) is 0 Å². The fourth-order valence-corrected chi connectivity index (χ4v) is 2.15. The summed E-state index contributed by atoms with van der Waals surface area (Å²) in [6, 6.07) is 7.66. The molecule has 0 unspecified atom stereocenters. The Kier molecular flexibility index (Phi) is 4.26. The molecule has 0 saturated heterocycles. The zero-order valence-electron chi connectivity index (χ0n) is 10.7. The normalized spacial score (nSPS) is 10.6. The predicted octanol–water partition coefficient (Wildman–Crippen LogP) is 2.73. The van der Waals surface area contributed by atoms with E-state index in [0.717, 1.165) is 35.0 Å². The summed E-state index contributed by atoms with van der Waals surface area (Å²) in [5.41, 5.74) is 3.53. The van der Waals surface area contributed by atoms with Crippen molar-refractivity contribution < 1.29 is 16.3 Å². The van der Waals surface area contributed by atoms with E-state index in [0.29, 0.717) is 6.61 Å². The van der Waals surface area contributed by atoms with Gasteiger partial charge in [-0.2, -0.15) is 5.10 Å². The van der Waals surface area contributed by atoms with E-state index in [-0.39, 0.29) is 0 Å². The molecule has 1 heterocycles. The number of hydrogen-bond acceptors (Lipinski definition) is 2. The first-order chi connectivity index (χ1) is 8.68. The lowest BCUT2D eigenvalue weighted by atomic mass is 10.1. The predicted molar refractivity (Wildman–Crippen MR) is 68.9 cm³/mol. The van der Waals surface area contributed by atoms with E-state index in [9.17, 15) is 0 Å². The maximum absolute atomic E-state index is 5.68. The van der Waals surface area contributed by atoms with Gasteiger partial charge in [-0.3, -0.25) is 5.10 Å². The van der Waals surface area contributed by atoms with Gasteiger partial charge in [0.1, 0.15) is 0 Å². The van der Waals surface area contributed by atoms with Crippen LogP contribution in [0.4, 0.5) is 0 Å². The summed E-state index contributed by atoms with van der Waals surface area (Å²) in [6.07, 6.45) is 1.94. The maximum atomic E-state index is 5.68. The lowest BCUT2D eigenvalue weighted by Crippen LogP contribution is -2.01. The highest BCUT2D eigenvalue weighted by Crippen LogP contribution is 2.18. The number of ether oxygens (including phenoxy) is 1. The third kappa shape index (κ3) is 3.05. The molecule has 0 radical (unpaired) electrons. The number of nitrogens with zero attached hydrogens (tertiary/aromatic N) is 1. The number of H-pyrrole nitrogens is 1. The molecule has 0 aliphatic carbocycles. The molecule has 0 atom stereocenters. The summed E-state index contributed by atoms with van der Waals surface area (Å²) in [6.45, 7) is 4.75. The lowest BCUT2D eigenvalue weighted by Gasteiger charge is -2.05. The second-order valence-corrected chi connectivity index (χ2v) is 4.75. The Morgan fingerprint density at radius 2 is 2.06 bits per heavy atom. The smallest absolute Gasteiger partial charge is 0.267 e. The van der Waals surface area contributed by atoms with Crippen LogP contribution in [0.25, 0.3) is 0 Å². The number of aryl methyl sites for hydroxylation is 2. The third-order valence-corrected chi connectivity index (χ3v) is 3.30. The van der Waals surface area contributed by atoms with Crippen molar-refractivity contribution in [1.82, 2.24) is 10.2 Å². The summed E-state index contributed by atoms with van der Waals surface area (Å²) in [7, 11) is 0. The summed E-state index contributed by atoms with van der Waals surface area (Å²) in [5.74, 6) is 0.799. The Morgan fingerprint density at radius 3 is 2.72 bits per heavy atom. The van der Waals surface area contributed by atoms with Gasteiger partial charge in [-0.15, -0.1) is 0 Å². The fraction of sp³-hybridized carbons (Fsp3) is 0.357. The molecule has 0 saturated carbocycles. The number of hydrogen-bond donors (Lipinski definition) is 1. The Balaban J connectivity index is 1.82. The van der Waals surface area contributed by atoms with Crippen LogP contribution in [0.2, 0.25) is 5.02 Å². The zero-order chi connectivity index (χ0) is 13.0. The van der Waals surface area contributed by atoms with Gasteiger partial charge in [-0.05, 0) is 38.3 Å². The van der Waals surface area contributed by atoms with Crippen molar-refractivity contribution in [2.24, 2.45) is 0 Å². The van der Waals surface area contributed by atoms with Crippen LogP contribution in [0.3, 0.4) is 0 Å². The van der Waals surface area contributed by atoms with Crippen LogP contribution in [0.15, 0.2) is 24.3 Å². The van der Waals surface area contributed by atoms with Gasteiger partial charge < -0.3 is 4.74 Å². The van der Waals surface area contributed by atoms with E-state index >= 15 is 0 Å². The highest BCUT2D eigenvalue weighted by Gasteiger charge is 2.08. The quantitative estimate of drug-likeness (QED) is 0.844. The van der Waals surface area contributed by atoms with Crippen molar-refractivity contribution in [2.75, 3.05) is 6.61 Å². The van der Waals surface area contributed by atoms with Crippen molar-refractivity contribution in [3.63, 3.8) is 0 Å². The van der Waals surface area contributed by atoms with Gasteiger partial charge in [0.15, 0.2) is 17.4 Å². The Morgan fingerprint density at radius 1 is 1.28 bits per heavy atom. The Hall–Kier alpha value is -1.48. The molecule has 0 fully saturated rings.